The predicted molar refractivity (Wildman–Crippen MR) is 106 cm³/mol. The summed E-state index contributed by atoms with van der Waals surface area (Å²) in [6.45, 7) is 2.63. The Morgan fingerprint density at radius 3 is 2.88 bits per heavy atom. The number of para-hydroxylation sites is 1. The van der Waals surface area contributed by atoms with E-state index in [2.05, 4.69) is 10.3 Å². The summed E-state index contributed by atoms with van der Waals surface area (Å²) < 4.78 is 1.05. The number of anilines is 1. The van der Waals surface area contributed by atoms with Gasteiger partial charge in [-0.2, -0.15) is 0 Å². The van der Waals surface area contributed by atoms with Gasteiger partial charge in [0.15, 0.2) is 5.13 Å². The zero-order valence-corrected chi connectivity index (χ0v) is 16.0. The number of carbonyl (C=O) groups is 2. The first-order valence-corrected chi connectivity index (χ1v) is 10.3. The zero-order chi connectivity index (χ0) is 18.1. The van der Waals surface area contributed by atoms with E-state index in [0.29, 0.717) is 23.0 Å². The standard InChI is InChI=1S/C19H19N3O2S2/c1-12-6-4-8-14-16(12)20-19(26-14)21-17(23)13-7-2-3-10-22(13)18(24)15-9-5-11-25-15/h4-6,8-9,11,13H,2-3,7,10H2,1H3,(H,20,21,23). The largest absolute Gasteiger partial charge is 0.326 e. The molecule has 0 bridgehead atoms. The topological polar surface area (TPSA) is 62.3 Å². The predicted octanol–water partition coefficient (Wildman–Crippen LogP) is 4.30. The molecule has 1 unspecified atom stereocenters. The van der Waals surface area contributed by atoms with Gasteiger partial charge in [0.1, 0.15) is 6.04 Å². The minimum absolute atomic E-state index is 0.0556. The van der Waals surface area contributed by atoms with Crippen molar-refractivity contribution in [2.24, 2.45) is 0 Å². The Morgan fingerprint density at radius 1 is 1.23 bits per heavy atom. The van der Waals surface area contributed by atoms with Crippen LogP contribution in [0.2, 0.25) is 0 Å². The summed E-state index contributed by atoms with van der Waals surface area (Å²) in [7, 11) is 0. The minimum atomic E-state index is -0.438. The van der Waals surface area contributed by atoms with Gasteiger partial charge in [-0.25, -0.2) is 4.98 Å². The molecular weight excluding hydrogens is 366 g/mol. The van der Waals surface area contributed by atoms with E-state index in [-0.39, 0.29) is 11.8 Å². The monoisotopic (exact) mass is 385 g/mol. The summed E-state index contributed by atoms with van der Waals surface area (Å²) >= 11 is 2.88. The first kappa shape index (κ1) is 17.2. The molecular formula is C19H19N3O2S2. The Balaban J connectivity index is 1.55. The molecule has 1 aliphatic rings. The van der Waals surface area contributed by atoms with Crippen LogP contribution < -0.4 is 5.32 Å². The van der Waals surface area contributed by atoms with Crippen LogP contribution in [-0.4, -0.2) is 34.3 Å². The van der Waals surface area contributed by atoms with Gasteiger partial charge in [0, 0.05) is 6.54 Å². The summed E-state index contributed by atoms with van der Waals surface area (Å²) in [5.41, 5.74) is 2.01. The number of fused-ring (bicyclic) bond motifs is 1. The van der Waals surface area contributed by atoms with Crippen LogP contribution >= 0.6 is 22.7 Å². The van der Waals surface area contributed by atoms with E-state index in [9.17, 15) is 9.59 Å². The second-order valence-corrected chi connectivity index (χ2v) is 8.40. The number of nitrogens with one attached hydrogen (secondary N) is 1. The lowest BCUT2D eigenvalue weighted by atomic mass is 10.0. The molecule has 3 aromatic rings. The highest BCUT2D eigenvalue weighted by Crippen LogP contribution is 2.29. The van der Waals surface area contributed by atoms with E-state index in [4.69, 9.17) is 0 Å². The van der Waals surface area contributed by atoms with Crippen molar-refractivity contribution in [1.29, 1.82) is 0 Å². The number of rotatable bonds is 3. The Morgan fingerprint density at radius 2 is 2.12 bits per heavy atom. The molecule has 1 aromatic carbocycles. The van der Waals surface area contributed by atoms with Crippen molar-refractivity contribution in [3.8, 4) is 0 Å². The highest BCUT2D eigenvalue weighted by molar-refractivity contribution is 7.22. The van der Waals surface area contributed by atoms with E-state index < -0.39 is 6.04 Å². The number of hydrogen-bond donors (Lipinski definition) is 1. The van der Waals surface area contributed by atoms with Crippen molar-refractivity contribution >= 4 is 49.8 Å². The molecule has 0 saturated carbocycles. The van der Waals surface area contributed by atoms with Crippen LogP contribution in [0.3, 0.4) is 0 Å². The average Bonchev–Trinajstić information content (AvgIpc) is 3.31. The zero-order valence-electron chi connectivity index (χ0n) is 14.4. The normalized spacial score (nSPS) is 17.4. The summed E-state index contributed by atoms with van der Waals surface area (Å²) in [6.07, 6.45) is 2.57. The van der Waals surface area contributed by atoms with Crippen LogP contribution in [0.25, 0.3) is 10.2 Å². The van der Waals surface area contributed by atoms with Crippen molar-refractivity contribution in [3.63, 3.8) is 0 Å². The first-order valence-electron chi connectivity index (χ1n) is 8.65. The number of carbonyl (C=O) groups excluding carboxylic acids is 2. The number of benzene rings is 1. The van der Waals surface area contributed by atoms with E-state index in [1.54, 1.807) is 4.90 Å². The van der Waals surface area contributed by atoms with Gasteiger partial charge in [0.05, 0.1) is 15.1 Å². The molecule has 1 aliphatic heterocycles. The molecule has 134 valence electrons. The van der Waals surface area contributed by atoms with E-state index >= 15 is 0 Å². The molecule has 0 radical (unpaired) electrons. The smallest absolute Gasteiger partial charge is 0.264 e. The Hall–Kier alpha value is -2.25. The second-order valence-electron chi connectivity index (χ2n) is 6.42. The molecule has 1 atom stereocenters. The summed E-state index contributed by atoms with van der Waals surface area (Å²) in [5, 5.41) is 5.41. The molecule has 1 fully saturated rings. The first-order chi connectivity index (χ1) is 12.6. The molecule has 4 rings (SSSR count). The number of aryl methyl sites for hydroxylation is 1. The number of amides is 2. The summed E-state index contributed by atoms with van der Waals surface area (Å²) in [6, 6.07) is 9.24. The van der Waals surface area contributed by atoms with Gasteiger partial charge in [0.2, 0.25) is 5.91 Å². The maximum atomic E-state index is 12.9. The van der Waals surface area contributed by atoms with Crippen LogP contribution in [0, 0.1) is 6.92 Å². The Bertz CT molecular complexity index is 949. The van der Waals surface area contributed by atoms with Crippen LogP contribution in [0.4, 0.5) is 5.13 Å². The molecule has 0 spiro atoms. The fourth-order valence-corrected chi connectivity index (χ4v) is 4.94. The fourth-order valence-electron chi connectivity index (χ4n) is 3.32. The van der Waals surface area contributed by atoms with Crippen LogP contribution in [0.1, 0.15) is 34.5 Å². The number of nitrogens with zero attached hydrogens (tertiary/aromatic N) is 2. The highest BCUT2D eigenvalue weighted by Gasteiger charge is 2.33. The van der Waals surface area contributed by atoms with E-state index in [1.807, 2.05) is 42.6 Å². The number of piperidine rings is 1. The maximum Gasteiger partial charge on any atom is 0.264 e. The lowest BCUT2D eigenvalue weighted by Gasteiger charge is -2.34. The lowest BCUT2D eigenvalue weighted by Crippen LogP contribution is -2.49. The number of aromatic nitrogens is 1. The van der Waals surface area contributed by atoms with Gasteiger partial charge < -0.3 is 10.2 Å². The van der Waals surface area contributed by atoms with Crippen molar-refractivity contribution in [3.05, 3.63) is 46.2 Å². The van der Waals surface area contributed by atoms with Crippen molar-refractivity contribution in [2.75, 3.05) is 11.9 Å². The Labute approximate surface area is 159 Å². The van der Waals surface area contributed by atoms with Gasteiger partial charge >= 0.3 is 0 Å². The molecule has 3 heterocycles. The third-order valence-corrected chi connectivity index (χ3v) is 6.44. The van der Waals surface area contributed by atoms with Crippen molar-refractivity contribution in [1.82, 2.24) is 9.88 Å². The number of thiazole rings is 1. The van der Waals surface area contributed by atoms with E-state index in [0.717, 1.165) is 28.6 Å². The van der Waals surface area contributed by atoms with Gasteiger partial charge in [-0.05, 0) is 49.3 Å². The van der Waals surface area contributed by atoms with E-state index in [1.165, 1.54) is 22.7 Å². The number of thiophene rings is 1. The minimum Gasteiger partial charge on any atom is -0.326 e. The van der Waals surface area contributed by atoms with Crippen LogP contribution in [0.5, 0.6) is 0 Å². The highest BCUT2D eigenvalue weighted by atomic mass is 32.1. The number of likely N-dealkylation sites (tertiary alicyclic amines) is 1. The molecule has 7 heteroatoms. The molecule has 1 saturated heterocycles. The van der Waals surface area contributed by atoms with Crippen LogP contribution in [0.15, 0.2) is 35.7 Å². The van der Waals surface area contributed by atoms with Gasteiger partial charge in [-0.3, -0.25) is 9.59 Å². The molecule has 1 N–H and O–H groups in total. The van der Waals surface area contributed by atoms with Gasteiger partial charge in [0.25, 0.3) is 5.91 Å². The fraction of sp³-hybridized carbons (Fsp3) is 0.316. The summed E-state index contributed by atoms with van der Waals surface area (Å²) in [5.74, 6) is -0.202. The molecule has 5 nitrogen and oxygen atoms in total. The van der Waals surface area contributed by atoms with Gasteiger partial charge in [-0.1, -0.05) is 29.5 Å². The molecule has 2 aromatic heterocycles. The van der Waals surface area contributed by atoms with Crippen molar-refractivity contribution < 1.29 is 9.59 Å². The molecule has 0 aliphatic carbocycles. The third-order valence-electron chi connectivity index (χ3n) is 4.65. The molecule has 26 heavy (non-hydrogen) atoms. The number of hydrogen-bond acceptors (Lipinski definition) is 5. The quantitative estimate of drug-likeness (QED) is 0.731. The van der Waals surface area contributed by atoms with Gasteiger partial charge in [-0.15, -0.1) is 11.3 Å². The SMILES string of the molecule is Cc1cccc2sc(NC(=O)C3CCCCN3C(=O)c3cccs3)nc12. The second kappa shape index (κ2) is 7.17. The summed E-state index contributed by atoms with van der Waals surface area (Å²) in [4.78, 5) is 32.6. The van der Waals surface area contributed by atoms with Crippen LogP contribution in [-0.2, 0) is 4.79 Å². The maximum absolute atomic E-state index is 12.9. The Kier molecular flexibility index (Phi) is 4.74. The van der Waals surface area contributed by atoms with Crippen molar-refractivity contribution in [2.45, 2.75) is 32.2 Å². The average molecular weight is 386 g/mol. The molecule has 2 amide bonds. The lowest BCUT2D eigenvalue weighted by molar-refractivity contribution is -0.121. The third kappa shape index (κ3) is 3.24.